The van der Waals surface area contributed by atoms with E-state index >= 15 is 0 Å². The minimum absolute atomic E-state index is 0.687. The number of aromatic nitrogens is 1. The standard InChI is InChI=1S/C60H38N2O2S/c1-2-10-39(11-3-1)41-20-26-45(27-21-41)62(47-30-33-57-50(38-47)48-12-5-9-17-56(48)65-57)46-28-24-44(25-29-46)60(43-22-18-40(19-23-43)42-34-36-61-37-35-42)51-14-6-4-13-49(51)58-52(60)31-32-55-59(58)64-54-16-8-7-15-53(54)63-55/h1-38H. The summed E-state index contributed by atoms with van der Waals surface area (Å²) >= 11 is 1.84. The predicted octanol–water partition coefficient (Wildman–Crippen LogP) is 16.5. The lowest BCUT2D eigenvalue weighted by molar-refractivity contribution is 0.360. The molecule has 0 bridgehead atoms. The van der Waals surface area contributed by atoms with E-state index in [0.29, 0.717) is 17.2 Å². The number of hydrogen-bond donors (Lipinski definition) is 0. The van der Waals surface area contributed by atoms with Gasteiger partial charge < -0.3 is 14.4 Å². The molecular weight excluding hydrogens is 813 g/mol. The number of anilines is 3. The van der Waals surface area contributed by atoms with Crippen LogP contribution in [0.25, 0.3) is 53.6 Å². The van der Waals surface area contributed by atoms with E-state index in [0.717, 1.165) is 61.8 Å². The maximum Gasteiger partial charge on any atom is 0.178 e. The van der Waals surface area contributed by atoms with Crippen molar-refractivity contribution in [1.82, 2.24) is 4.98 Å². The fourth-order valence-electron chi connectivity index (χ4n) is 10.2. The molecule has 0 fully saturated rings. The van der Waals surface area contributed by atoms with Gasteiger partial charge in [-0.3, -0.25) is 4.98 Å². The molecule has 2 aromatic heterocycles. The lowest BCUT2D eigenvalue weighted by Crippen LogP contribution is -2.28. The Morgan fingerprint density at radius 1 is 0.400 bits per heavy atom. The van der Waals surface area contributed by atoms with Crippen molar-refractivity contribution >= 4 is 48.6 Å². The van der Waals surface area contributed by atoms with Gasteiger partial charge in [0.15, 0.2) is 23.0 Å². The van der Waals surface area contributed by atoms with Crippen LogP contribution in [0.1, 0.15) is 22.3 Å². The molecule has 0 saturated carbocycles. The first kappa shape index (κ1) is 37.3. The molecule has 0 amide bonds. The molecule has 0 N–H and O–H groups in total. The van der Waals surface area contributed by atoms with E-state index in [1.807, 2.05) is 48.0 Å². The van der Waals surface area contributed by atoms with Crippen molar-refractivity contribution < 1.29 is 9.47 Å². The van der Waals surface area contributed by atoms with Crippen molar-refractivity contribution in [3.63, 3.8) is 0 Å². The highest BCUT2D eigenvalue weighted by Gasteiger charge is 2.48. The molecule has 306 valence electrons. The monoisotopic (exact) mass is 850 g/mol. The number of ether oxygens (including phenoxy) is 2. The molecule has 1 atom stereocenters. The van der Waals surface area contributed by atoms with Crippen molar-refractivity contribution in [3.8, 4) is 56.4 Å². The lowest BCUT2D eigenvalue weighted by Gasteiger charge is -2.35. The molecule has 5 heteroatoms. The summed E-state index contributed by atoms with van der Waals surface area (Å²) in [7, 11) is 0. The summed E-state index contributed by atoms with van der Waals surface area (Å²) in [6.45, 7) is 0. The predicted molar refractivity (Wildman–Crippen MR) is 267 cm³/mol. The molecule has 2 aliphatic rings. The first-order valence-corrected chi connectivity index (χ1v) is 22.7. The Kier molecular flexibility index (Phi) is 8.58. The quantitative estimate of drug-likeness (QED) is 0.160. The van der Waals surface area contributed by atoms with Gasteiger partial charge in [-0.2, -0.15) is 0 Å². The molecule has 0 saturated heterocycles. The van der Waals surface area contributed by atoms with E-state index < -0.39 is 5.41 Å². The number of pyridine rings is 1. The Morgan fingerprint density at radius 3 is 1.74 bits per heavy atom. The number of thiophene rings is 1. The summed E-state index contributed by atoms with van der Waals surface area (Å²) in [6, 6.07) is 78.5. The molecule has 0 radical (unpaired) electrons. The Bertz CT molecular complexity index is 3590. The van der Waals surface area contributed by atoms with Gasteiger partial charge >= 0.3 is 0 Å². The van der Waals surface area contributed by atoms with E-state index in [2.05, 4.69) is 204 Å². The van der Waals surface area contributed by atoms with Gasteiger partial charge in [0, 0.05) is 55.2 Å². The Hall–Kier alpha value is -8.25. The zero-order chi connectivity index (χ0) is 42.9. The number of para-hydroxylation sites is 2. The average Bonchev–Trinajstić information content (AvgIpc) is 3.91. The molecular formula is C60H38N2O2S. The van der Waals surface area contributed by atoms with Crippen LogP contribution >= 0.6 is 11.3 Å². The first-order valence-electron chi connectivity index (χ1n) is 21.9. The second-order valence-electron chi connectivity index (χ2n) is 16.6. The number of fused-ring (bicyclic) bond motifs is 9. The maximum atomic E-state index is 6.82. The number of hydrogen-bond acceptors (Lipinski definition) is 5. The summed E-state index contributed by atoms with van der Waals surface area (Å²) in [6.07, 6.45) is 3.70. The Balaban J connectivity index is 1.00. The summed E-state index contributed by atoms with van der Waals surface area (Å²) in [4.78, 5) is 6.66. The van der Waals surface area contributed by atoms with E-state index in [1.165, 1.54) is 36.9 Å². The van der Waals surface area contributed by atoms with Crippen LogP contribution < -0.4 is 14.4 Å². The SMILES string of the molecule is c1ccc(-c2ccc(N(c3ccc(C4(c5ccc(-c6ccncc6)cc5)c5ccccc5-c5c4ccc4c5Oc5ccccc5O4)cc3)c3ccc4sc5ccccc5c4c3)cc2)cc1. The summed E-state index contributed by atoms with van der Waals surface area (Å²) < 4.78 is 15.9. The molecule has 65 heavy (non-hydrogen) atoms. The van der Waals surface area contributed by atoms with E-state index in [9.17, 15) is 0 Å². The van der Waals surface area contributed by atoms with Crippen LogP contribution in [0.3, 0.4) is 0 Å². The van der Waals surface area contributed by atoms with Gasteiger partial charge in [0.1, 0.15) is 0 Å². The highest BCUT2D eigenvalue weighted by Crippen LogP contribution is 2.62. The molecule has 1 unspecified atom stereocenters. The fraction of sp³-hybridized carbons (Fsp3) is 0.0167. The number of rotatable bonds is 7. The minimum atomic E-state index is -0.687. The minimum Gasteiger partial charge on any atom is -0.449 e. The van der Waals surface area contributed by atoms with Crippen molar-refractivity contribution in [3.05, 3.63) is 253 Å². The van der Waals surface area contributed by atoms with Crippen LogP contribution in [0.4, 0.5) is 17.1 Å². The Labute approximate surface area is 380 Å². The smallest absolute Gasteiger partial charge is 0.178 e. The lowest BCUT2D eigenvalue weighted by atomic mass is 9.67. The highest BCUT2D eigenvalue weighted by atomic mass is 32.1. The van der Waals surface area contributed by atoms with Gasteiger partial charge in [-0.1, -0.05) is 140 Å². The zero-order valence-corrected chi connectivity index (χ0v) is 35.9. The highest BCUT2D eigenvalue weighted by molar-refractivity contribution is 7.25. The van der Waals surface area contributed by atoms with Crippen LogP contribution in [0, 0.1) is 0 Å². The molecule has 3 heterocycles. The largest absolute Gasteiger partial charge is 0.449 e. The molecule has 11 aromatic rings. The third-order valence-electron chi connectivity index (χ3n) is 13.1. The zero-order valence-electron chi connectivity index (χ0n) is 35.1. The van der Waals surface area contributed by atoms with E-state index in [1.54, 1.807) is 0 Å². The van der Waals surface area contributed by atoms with Crippen molar-refractivity contribution in [1.29, 1.82) is 0 Å². The normalized spacial score (nSPS) is 14.5. The molecule has 4 nitrogen and oxygen atoms in total. The van der Waals surface area contributed by atoms with Gasteiger partial charge in [-0.15, -0.1) is 11.3 Å². The van der Waals surface area contributed by atoms with Gasteiger partial charge in [0.25, 0.3) is 0 Å². The Morgan fingerprint density at radius 2 is 0.969 bits per heavy atom. The van der Waals surface area contributed by atoms with Crippen molar-refractivity contribution in [2.45, 2.75) is 5.41 Å². The molecule has 1 aliphatic heterocycles. The van der Waals surface area contributed by atoms with Gasteiger partial charge in [-0.05, 0) is 129 Å². The van der Waals surface area contributed by atoms with Crippen LogP contribution in [-0.2, 0) is 5.41 Å². The van der Waals surface area contributed by atoms with Crippen molar-refractivity contribution in [2.75, 3.05) is 4.90 Å². The molecule has 1 aliphatic carbocycles. The van der Waals surface area contributed by atoms with E-state index in [-0.39, 0.29) is 0 Å². The van der Waals surface area contributed by atoms with Crippen LogP contribution in [0.5, 0.6) is 23.0 Å². The maximum absolute atomic E-state index is 6.82. The van der Waals surface area contributed by atoms with Gasteiger partial charge in [-0.25, -0.2) is 0 Å². The van der Waals surface area contributed by atoms with Crippen LogP contribution in [-0.4, -0.2) is 4.98 Å². The van der Waals surface area contributed by atoms with Gasteiger partial charge in [0.05, 0.1) is 5.41 Å². The first-order chi connectivity index (χ1) is 32.2. The third-order valence-corrected chi connectivity index (χ3v) is 14.3. The second-order valence-corrected chi connectivity index (χ2v) is 17.7. The van der Waals surface area contributed by atoms with Crippen LogP contribution in [0.2, 0.25) is 0 Å². The number of nitrogens with zero attached hydrogens (tertiary/aromatic N) is 2. The van der Waals surface area contributed by atoms with E-state index in [4.69, 9.17) is 9.47 Å². The molecule has 0 spiro atoms. The summed E-state index contributed by atoms with van der Waals surface area (Å²) in [5.41, 5.74) is 14.0. The second kappa shape index (κ2) is 14.9. The van der Waals surface area contributed by atoms with Crippen LogP contribution in [0.15, 0.2) is 231 Å². The molecule has 9 aromatic carbocycles. The number of benzene rings is 9. The fourth-order valence-corrected chi connectivity index (χ4v) is 11.3. The summed E-state index contributed by atoms with van der Waals surface area (Å²) in [5.74, 6) is 2.87. The van der Waals surface area contributed by atoms with Crippen molar-refractivity contribution in [2.24, 2.45) is 0 Å². The van der Waals surface area contributed by atoms with Gasteiger partial charge in [0.2, 0.25) is 0 Å². The summed E-state index contributed by atoms with van der Waals surface area (Å²) in [5, 5.41) is 2.54. The topological polar surface area (TPSA) is 34.6 Å². The molecule has 13 rings (SSSR count). The third kappa shape index (κ3) is 5.93. The average molecular weight is 851 g/mol.